The van der Waals surface area contributed by atoms with Gasteiger partial charge < -0.3 is 45.1 Å². The molecule has 6 N–H and O–H groups in total. The van der Waals surface area contributed by atoms with Gasteiger partial charge in [-0.1, -0.05) is 372 Å². The van der Waals surface area contributed by atoms with Gasteiger partial charge in [0.2, 0.25) is 5.91 Å². The number of hydrogen-bond donors (Lipinski definition) is 6. The van der Waals surface area contributed by atoms with Crippen molar-refractivity contribution in [1.29, 1.82) is 0 Å². The van der Waals surface area contributed by atoms with E-state index >= 15 is 0 Å². The molecule has 11 nitrogen and oxygen atoms in total. The summed E-state index contributed by atoms with van der Waals surface area (Å²) < 4.78 is 16.7. The first-order chi connectivity index (χ1) is 45.2. The lowest BCUT2D eigenvalue weighted by Gasteiger charge is -2.40. The topological polar surface area (TPSA) is 175 Å². The molecule has 7 atom stereocenters. The van der Waals surface area contributed by atoms with Crippen molar-refractivity contribution in [2.45, 2.75) is 461 Å². The van der Waals surface area contributed by atoms with Crippen LogP contribution in [0.25, 0.3) is 0 Å². The van der Waals surface area contributed by atoms with Gasteiger partial charge in [-0.15, -0.1) is 0 Å². The van der Waals surface area contributed by atoms with Crippen LogP contribution in [0.15, 0.2) is 24.3 Å². The Bertz CT molecular complexity index is 1580. The standard InChI is InChI=1S/C81H155NO10/c1-3-5-7-9-11-13-14-15-16-43-46-49-53-57-61-65-69-77(86)90-70-66-62-58-54-50-47-44-41-39-37-35-33-31-29-27-25-23-21-19-17-18-20-22-24-26-28-30-32-34-36-38-40-42-45-48-52-56-60-64-68-76(85)82-73(74(84)67-63-59-55-51-12-10-8-6-4-2)72-91-81-80(89)79(88)78(87)75(71-83)92-81/h16,43,63,67,73-75,78-81,83-84,87-89H,3-15,17-42,44-62,64-66,68-72H2,1-2H3,(H,82,85)/b43-16-,67-63+. The molecular formula is C81H155NO10. The Balaban J connectivity index is 1.82. The molecule has 0 aromatic heterocycles. The van der Waals surface area contributed by atoms with Crippen molar-refractivity contribution in [3.63, 3.8) is 0 Å². The quantitative estimate of drug-likeness (QED) is 0.0195. The largest absolute Gasteiger partial charge is 0.466 e. The number of carbonyl (C=O) groups is 2. The minimum absolute atomic E-state index is 0.0118. The number of aliphatic hydroxyl groups excluding tert-OH is 5. The summed E-state index contributed by atoms with van der Waals surface area (Å²) in [6.45, 7) is 4.36. The van der Waals surface area contributed by atoms with Crippen LogP contribution in [0.5, 0.6) is 0 Å². The maximum atomic E-state index is 13.0. The summed E-state index contributed by atoms with van der Waals surface area (Å²) in [5.41, 5.74) is 0. The molecule has 0 aliphatic carbocycles. The number of carbonyl (C=O) groups excluding carboxylic acids is 2. The summed E-state index contributed by atoms with van der Waals surface area (Å²) >= 11 is 0. The summed E-state index contributed by atoms with van der Waals surface area (Å²) in [5, 5.41) is 54.4. The van der Waals surface area contributed by atoms with Gasteiger partial charge in [-0.25, -0.2) is 0 Å². The minimum Gasteiger partial charge on any atom is -0.466 e. The molecule has 7 unspecified atom stereocenters. The van der Waals surface area contributed by atoms with E-state index in [9.17, 15) is 35.1 Å². The van der Waals surface area contributed by atoms with Crippen LogP contribution >= 0.6 is 0 Å². The molecule has 0 saturated carbocycles. The zero-order valence-corrected chi connectivity index (χ0v) is 60.8. The Hall–Kier alpha value is -1.86. The van der Waals surface area contributed by atoms with Crippen LogP contribution in [-0.2, 0) is 23.8 Å². The molecule has 0 radical (unpaired) electrons. The van der Waals surface area contributed by atoms with Gasteiger partial charge in [0.15, 0.2) is 6.29 Å². The maximum Gasteiger partial charge on any atom is 0.305 e. The first-order valence-corrected chi connectivity index (χ1v) is 40.6. The average molecular weight is 1300 g/mol. The summed E-state index contributed by atoms with van der Waals surface area (Å²) in [7, 11) is 0. The van der Waals surface area contributed by atoms with E-state index in [4.69, 9.17) is 14.2 Å². The average Bonchev–Trinajstić information content (AvgIpc) is 0.909. The number of rotatable bonds is 73. The second-order valence-electron chi connectivity index (χ2n) is 28.5. The molecule has 0 bridgehead atoms. The molecule has 1 amide bonds. The minimum atomic E-state index is -1.57. The third-order valence-corrected chi connectivity index (χ3v) is 19.6. The third kappa shape index (κ3) is 58.3. The lowest BCUT2D eigenvalue weighted by atomic mass is 9.99. The van der Waals surface area contributed by atoms with Gasteiger partial charge in [-0.05, 0) is 57.8 Å². The van der Waals surface area contributed by atoms with Crippen molar-refractivity contribution in [3.8, 4) is 0 Å². The van der Waals surface area contributed by atoms with Crippen molar-refractivity contribution >= 4 is 11.9 Å². The molecular weight excluding hydrogens is 1150 g/mol. The molecule has 0 spiro atoms. The van der Waals surface area contributed by atoms with Gasteiger partial charge in [0, 0.05) is 12.8 Å². The van der Waals surface area contributed by atoms with Crippen molar-refractivity contribution in [1.82, 2.24) is 5.32 Å². The lowest BCUT2D eigenvalue weighted by Crippen LogP contribution is -2.60. The second kappa shape index (κ2) is 70.5. The Morgan fingerprint density at radius 3 is 1.04 bits per heavy atom. The van der Waals surface area contributed by atoms with Crippen LogP contribution in [0.2, 0.25) is 0 Å². The first-order valence-electron chi connectivity index (χ1n) is 40.6. The zero-order chi connectivity index (χ0) is 66.5. The molecule has 0 aromatic carbocycles. The van der Waals surface area contributed by atoms with Crippen LogP contribution in [0.1, 0.15) is 418 Å². The van der Waals surface area contributed by atoms with Crippen molar-refractivity contribution in [2.75, 3.05) is 19.8 Å². The van der Waals surface area contributed by atoms with Gasteiger partial charge in [0.1, 0.15) is 24.4 Å². The van der Waals surface area contributed by atoms with Crippen LogP contribution in [0.3, 0.4) is 0 Å². The Kier molecular flexibility index (Phi) is 67.5. The molecule has 1 rings (SSSR count). The monoisotopic (exact) mass is 1300 g/mol. The summed E-state index contributed by atoms with van der Waals surface area (Å²) in [5.74, 6) is -0.164. The fraction of sp³-hybridized carbons (Fsp3) is 0.926. The van der Waals surface area contributed by atoms with E-state index in [1.165, 1.54) is 334 Å². The van der Waals surface area contributed by atoms with Crippen molar-refractivity contribution < 1.29 is 49.3 Å². The first kappa shape index (κ1) is 88.2. The molecule has 0 aromatic rings. The predicted molar refractivity (Wildman–Crippen MR) is 389 cm³/mol. The number of allylic oxidation sites excluding steroid dienone is 3. The van der Waals surface area contributed by atoms with Gasteiger partial charge in [-0.2, -0.15) is 0 Å². The van der Waals surface area contributed by atoms with Crippen molar-refractivity contribution in [2.24, 2.45) is 0 Å². The molecule has 1 aliphatic rings. The molecule has 92 heavy (non-hydrogen) atoms. The molecule has 1 saturated heterocycles. The fourth-order valence-electron chi connectivity index (χ4n) is 13.2. The Morgan fingerprint density at radius 1 is 0.391 bits per heavy atom. The Morgan fingerprint density at radius 2 is 0.696 bits per heavy atom. The number of ether oxygens (including phenoxy) is 3. The highest BCUT2D eigenvalue weighted by Crippen LogP contribution is 2.24. The Labute approximate surface area is 569 Å². The highest BCUT2D eigenvalue weighted by atomic mass is 16.7. The fourth-order valence-corrected chi connectivity index (χ4v) is 13.2. The molecule has 1 heterocycles. The summed E-state index contributed by atoms with van der Waals surface area (Å²) in [6, 6.07) is -0.803. The zero-order valence-electron chi connectivity index (χ0n) is 60.8. The third-order valence-electron chi connectivity index (χ3n) is 19.6. The van der Waals surface area contributed by atoms with E-state index in [-0.39, 0.29) is 18.5 Å². The SMILES string of the molecule is CCCCCCCCC/C=C\CCCCCCCC(=O)OCCCCCCCCCCCCCCCCCCCCCCCCCCCCCCCCCCCCCCCCCC(=O)NC(COC1OC(CO)C(O)C(O)C1O)C(O)/C=C/CCCCCCCCC. The smallest absolute Gasteiger partial charge is 0.305 e. The van der Waals surface area contributed by atoms with Gasteiger partial charge >= 0.3 is 5.97 Å². The number of amides is 1. The molecule has 544 valence electrons. The van der Waals surface area contributed by atoms with Crippen LogP contribution in [-0.4, -0.2) is 100 Å². The number of aliphatic hydroxyl groups is 5. The van der Waals surface area contributed by atoms with Crippen LogP contribution in [0.4, 0.5) is 0 Å². The van der Waals surface area contributed by atoms with Crippen molar-refractivity contribution in [3.05, 3.63) is 24.3 Å². The van der Waals surface area contributed by atoms with Crippen LogP contribution in [0, 0.1) is 0 Å². The number of nitrogens with one attached hydrogen (secondary N) is 1. The number of unbranched alkanes of at least 4 members (excludes halogenated alkanes) is 57. The van der Waals surface area contributed by atoms with E-state index in [0.29, 0.717) is 19.4 Å². The van der Waals surface area contributed by atoms with E-state index in [0.717, 1.165) is 57.8 Å². The molecule has 1 fully saturated rings. The predicted octanol–water partition coefficient (Wildman–Crippen LogP) is 21.9. The normalized spacial score (nSPS) is 17.6. The maximum absolute atomic E-state index is 13.0. The number of hydrogen-bond acceptors (Lipinski definition) is 10. The highest BCUT2D eigenvalue weighted by molar-refractivity contribution is 5.76. The molecule has 1 aliphatic heterocycles. The van der Waals surface area contributed by atoms with E-state index < -0.39 is 49.5 Å². The van der Waals surface area contributed by atoms with E-state index in [2.05, 4.69) is 31.3 Å². The summed E-state index contributed by atoms with van der Waals surface area (Å²) in [6.07, 6.45) is 81.0. The van der Waals surface area contributed by atoms with Gasteiger partial charge in [0.05, 0.1) is 32.0 Å². The lowest BCUT2D eigenvalue weighted by molar-refractivity contribution is -0.302. The van der Waals surface area contributed by atoms with E-state index in [1.807, 2.05) is 6.08 Å². The van der Waals surface area contributed by atoms with Gasteiger partial charge in [-0.3, -0.25) is 9.59 Å². The van der Waals surface area contributed by atoms with Crippen LogP contribution < -0.4 is 5.32 Å². The van der Waals surface area contributed by atoms with E-state index in [1.54, 1.807) is 6.08 Å². The van der Waals surface area contributed by atoms with Gasteiger partial charge in [0.25, 0.3) is 0 Å². The molecule has 11 heteroatoms. The highest BCUT2D eigenvalue weighted by Gasteiger charge is 2.44. The number of esters is 1. The summed E-state index contributed by atoms with van der Waals surface area (Å²) in [4.78, 5) is 25.1. The second-order valence-corrected chi connectivity index (χ2v) is 28.5.